The predicted octanol–water partition coefficient (Wildman–Crippen LogP) is 5.47. The number of aliphatic hydroxyl groups is 1. The van der Waals surface area contributed by atoms with Crippen molar-refractivity contribution in [2.75, 3.05) is 13.2 Å². The zero-order chi connectivity index (χ0) is 15.1. The molecule has 0 unspecified atom stereocenters. The third-order valence-corrected chi connectivity index (χ3v) is 4.16. The number of hydrogen-bond acceptors (Lipinski definition) is 2. The van der Waals surface area contributed by atoms with Gasteiger partial charge in [0.2, 0.25) is 0 Å². The summed E-state index contributed by atoms with van der Waals surface area (Å²) < 4.78 is 5.87. The van der Waals surface area contributed by atoms with Crippen LogP contribution in [0.4, 0.5) is 0 Å². The molecule has 2 aromatic rings. The Kier molecular flexibility index (Phi) is 6.62. The first-order valence-electron chi connectivity index (χ1n) is 7.34. The van der Waals surface area contributed by atoms with Crippen LogP contribution in [0, 0.1) is 0 Å². The van der Waals surface area contributed by atoms with E-state index in [0.29, 0.717) is 16.7 Å². The molecular formula is C17H20Cl2O2. The molecule has 4 heteroatoms. The highest BCUT2D eigenvalue weighted by Crippen LogP contribution is 2.33. The third-order valence-electron chi connectivity index (χ3n) is 3.44. The molecule has 0 bridgehead atoms. The fourth-order valence-electron chi connectivity index (χ4n) is 2.29. The number of unbranched alkanes of at least 4 members (excludes halogenated alkanes) is 4. The zero-order valence-electron chi connectivity index (χ0n) is 11.9. The Morgan fingerprint density at radius 1 is 0.905 bits per heavy atom. The number of hydrogen-bond donors (Lipinski definition) is 1. The Labute approximate surface area is 135 Å². The van der Waals surface area contributed by atoms with Crippen molar-refractivity contribution in [2.45, 2.75) is 32.1 Å². The quantitative estimate of drug-likeness (QED) is 0.652. The van der Waals surface area contributed by atoms with E-state index in [4.69, 9.17) is 33.0 Å². The van der Waals surface area contributed by atoms with Crippen molar-refractivity contribution in [3.05, 3.63) is 40.4 Å². The Morgan fingerprint density at radius 2 is 1.62 bits per heavy atom. The average molecular weight is 327 g/mol. The van der Waals surface area contributed by atoms with Crippen LogP contribution < -0.4 is 4.74 Å². The first-order valence-corrected chi connectivity index (χ1v) is 8.09. The van der Waals surface area contributed by atoms with Gasteiger partial charge in [0.05, 0.1) is 16.7 Å². The van der Waals surface area contributed by atoms with E-state index in [1.165, 1.54) is 0 Å². The summed E-state index contributed by atoms with van der Waals surface area (Å²) in [7, 11) is 0. The van der Waals surface area contributed by atoms with Crippen LogP contribution in [0.5, 0.6) is 5.75 Å². The van der Waals surface area contributed by atoms with E-state index in [1.54, 1.807) is 0 Å². The van der Waals surface area contributed by atoms with Gasteiger partial charge in [-0.2, -0.15) is 0 Å². The summed E-state index contributed by atoms with van der Waals surface area (Å²) in [6.07, 6.45) is 5.25. The summed E-state index contributed by atoms with van der Waals surface area (Å²) in [5.74, 6) is 0.849. The van der Waals surface area contributed by atoms with Crippen molar-refractivity contribution in [2.24, 2.45) is 0 Å². The molecule has 2 nitrogen and oxygen atoms in total. The van der Waals surface area contributed by atoms with Crippen molar-refractivity contribution in [3.63, 3.8) is 0 Å². The molecule has 0 atom stereocenters. The first kappa shape index (κ1) is 16.4. The highest BCUT2D eigenvalue weighted by Gasteiger charge is 2.06. The van der Waals surface area contributed by atoms with Crippen LogP contribution >= 0.6 is 23.2 Å². The number of halogens is 2. The molecule has 0 amide bonds. The van der Waals surface area contributed by atoms with Gasteiger partial charge in [0, 0.05) is 12.0 Å². The molecule has 0 spiro atoms. The van der Waals surface area contributed by atoms with Crippen molar-refractivity contribution in [1.82, 2.24) is 0 Å². The molecule has 2 rings (SSSR count). The lowest BCUT2D eigenvalue weighted by Crippen LogP contribution is -1.98. The number of ether oxygens (including phenoxy) is 1. The lowest BCUT2D eigenvalue weighted by atomic mass is 10.1. The van der Waals surface area contributed by atoms with Crippen LogP contribution in [0.15, 0.2) is 30.3 Å². The van der Waals surface area contributed by atoms with Gasteiger partial charge in [0.15, 0.2) is 0 Å². The van der Waals surface area contributed by atoms with E-state index in [2.05, 4.69) is 0 Å². The van der Waals surface area contributed by atoms with Gasteiger partial charge in [0.25, 0.3) is 0 Å². The van der Waals surface area contributed by atoms with E-state index in [9.17, 15) is 0 Å². The van der Waals surface area contributed by atoms with Gasteiger partial charge in [0.1, 0.15) is 5.75 Å². The summed E-state index contributed by atoms with van der Waals surface area (Å²) in [5.41, 5.74) is 0. The summed E-state index contributed by atoms with van der Waals surface area (Å²) in [6, 6.07) is 9.64. The second kappa shape index (κ2) is 8.47. The Balaban J connectivity index is 1.91. The summed E-state index contributed by atoms with van der Waals surface area (Å²) >= 11 is 12.1. The van der Waals surface area contributed by atoms with E-state index >= 15 is 0 Å². The van der Waals surface area contributed by atoms with E-state index in [-0.39, 0.29) is 6.61 Å². The molecule has 0 heterocycles. The molecule has 21 heavy (non-hydrogen) atoms. The molecular weight excluding hydrogens is 307 g/mol. The number of aliphatic hydroxyl groups excluding tert-OH is 1. The number of fused-ring (bicyclic) bond motifs is 1. The minimum absolute atomic E-state index is 0.288. The van der Waals surface area contributed by atoms with Crippen LogP contribution in [0.2, 0.25) is 10.0 Å². The second-order valence-corrected chi connectivity index (χ2v) is 5.90. The van der Waals surface area contributed by atoms with Gasteiger partial charge in [-0.15, -0.1) is 0 Å². The van der Waals surface area contributed by atoms with Gasteiger partial charge in [-0.25, -0.2) is 0 Å². The maximum absolute atomic E-state index is 8.72. The Hall–Kier alpha value is -0.960. The molecule has 0 aliphatic heterocycles. The largest absolute Gasteiger partial charge is 0.493 e. The standard InChI is InChI=1S/C17H20Cl2O2/c18-15-11-13-7-6-8-17(14(13)12-16(15)19)21-10-5-3-1-2-4-9-20/h6-8,11-12,20H,1-5,9-10H2. The molecule has 0 radical (unpaired) electrons. The predicted molar refractivity (Wildman–Crippen MR) is 89.6 cm³/mol. The van der Waals surface area contributed by atoms with Gasteiger partial charge < -0.3 is 9.84 Å². The molecule has 0 fully saturated rings. The van der Waals surface area contributed by atoms with Crippen molar-refractivity contribution in [1.29, 1.82) is 0 Å². The summed E-state index contributed by atoms with van der Waals surface area (Å²) in [4.78, 5) is 0. The van der Waals surface area contributed by atoms with Crippen molar-refractivity contribution >= 4 is 34.0 Å². The molecule has 0 saturated heterocycles. The summed E-state index contributed by atoms with van der Waals surface area (Å²) in [5, 5.41) is 11.8. The highest BCUT2D eigenvalue weighted by atomic mass is 35.5. The number of benzene rings is 2. The van der Waals surface area contributed by atoms with Crippen LogP contribution in [0.1, 0.15) is 32.1 Å². The van der Waals surface area contributed by atoms with Crippen LogP contribution in [-0.2, 0) is 0 Å². The monoisotopic (exact) mass is 326 g/mol. The summed E-state index contributed by atoms with van der Waals surface area (Å²) in [6.45, 7) is 0.980. The van der Waals surface area contributed by atoms with Gasteiger partial charge >= 0.3 is 0 Å². The van der Waals surface area contributed by atoms with E-state index < -0.39 is 0 Å². The van der Waals surface area contributed by atoms with Crippen molar-refractivity contribution < 1.29 is 9.84 Å². The minimum Gasteiger partial charge on any atom is -0.493 e. The molecule has 0 aliphatic carbocycles. The van der Waals surface area contributed by atoms with Gasteiger partial charge in [-0.05, 0) is 36.4 Å². The topological polar surface area (TPSA) is 29.5 Å². The first-order chi connectivity index (χ1) is 10.2. The molecule has 1 N–H and O–H groups in total. The average Bonchev–Trinajstić information content (AvgIpc) is 2.48. The fraction of sp³-hybridized carbons (Fsp3) is 0.412. The SMILES string of the molecule is OCCCCCCCOc1cccc2cc(Cl)c(Cl)cc12. The lowest BCUT2D eigenvalue weighted by Gasteiger charge is -2.10. The van der Waals surface area contributed by atoms with Gasteiger partial charge in [-0.3, -0.25) is 0 Å². The highest BCUT2D eigenvalue weighted by molar-refractivity contribution is 6.42. The second-order valence-electron chi connectivity index (χ2n) is 5.08. The molecule has 114 valence electrons. The molecule has 2 aromatic carbocycles. The maximum atomic E-state index is 8.72. The van der Waals surface area contributed by atoms with Crippen LogP contribution in [0.3, 0.4) is 0 Å². The minimum atomic E-state index is 0.288. The van der Waals surface area contributed by atoms with E-state index in [1.807, 2.05) is 30.3 Å². The Bertz CT molecular complexity index is 584. The van der Waals surface area contributed by atoms with Crippen LogP contribution in [-0.4, -0.2) is 18.3 Å². The van der Waals surface area contributed by atoms with Crippen LogP contribution in [0.25, 0.3) is 10.8 Å². The lowest BCUT2D eigenvalue weighted by molar-refractivity contribution is 0.278. The smallest absolute Gasteiger partial charge is 0.127 e. The molecule has 0 aromatic heterocycles. The normalized spacial score (nSPS) is 11.0. The number of rotatable bonds is 8. The maximum Gasteiger partial charge on any atom is 0.127 e. The third kappa shape index (κ3) is 4.77. The molecule has 0 aliphatic rings. The fourth-order valence-corrected chi connectivity index (χ4v) is 2.63. The van der Waals surface area contributed by atoms with Gasteiger partial charge in [-0.1, -0.05) is 54.6 Å². The Morgan fingerprint density at radius 3 is 2.43 bits per heavy atom. The van der Waals surface area contributed by atoms with Crippen molar-refractivity contribution in [3.8, 4) is 5.75 Å². The zero-order valence-corrected chi connectivity index (χ0v) is 13.5. The molecule has 0 saturated carbocycles. The van der Waals surface area contributed by atoms with E-state index in [0.717, 1.165) is 48.6 Å².